The molecule has 1 aromatic heterocycles. The van der Waals surface area contributed by atoms with E-state index in [1.807, 2.05) is 18.2 Å². The Balaban J connectivity index is 1.43. The number of sulfonamides is 1. The number of nitrogens with one attached hydrogen (secondary N) is 2. The first-order valence-corrected chi connectivity index (χ1v) is 12.4. The molecule has 0 fully saturated rings. The highest BCUT2D eigenvalue weighted by Crippen LogP contribution is 2.35. The first-order chi connectivity index (χ1) is 16.3. The lowest BCUT2D eigenvalue weighted by molar-refractivity contribution is 0.102. The third-order valence-electron chi connectivity index (χ3n) is 5.58. The van der Waals surface area contributed by atoms with Crippen LogP contribution in [0.1, 0.15) is 21.7 Å². The van der Waals surface area contributed by atoms with E-state index in [0.29, 0.717) is 36.0 Å². The summed E-state index contributed by atoms with van der Waals surface area (Å²) in [5.74, 6) is 0.734. The van der Waals surface area contributed by atoms with Gasteiger partial charge in [-0.2, -0.15) is 5.10 Å². The molecule has 1 aliphatic heterocycles. The van der Waals surface area contributed by atoms with Crippen molar-refractivity contribution in [1.29, 1.82) is 0 Å². The third kappa shape index (κ3) is 4.04. The van der Waals surface area contributed by atoms with Crippen molar-refractivity contribution in [2.24, 2.45) is 0 Å². The van der Waals surface area contributed by atoms with E-state index >= 15 is 0 Å². The molecule has 1 aliphatic rings. The number of anilines is 2. The maximum absolute atomic E-state index is 13.4. The molecule has 0 bridgehead atoms. The molecule has 172 valence electrons. The summed E-state index contributed by atoms with van der Waals surface area (Å²) in [6.45, 7) is 2.12. The second-order valence-corrected chi connectivity index (χ2v) is 10.1. The van der Waals surface area contributed by atoms with Gasteiger partial charge in [-0.1, -0.05) is 41.9 Å². The molecule has 0 unspecified atom stereocenters. The van der Waals surface area contributed by atoms with Gasteiger partial charge in [-0.25, -0.2) is 13.4 Å². The van der Waals surface area contributed by atoms with Crippen LogP contribution in [0.5, 0.6) is 0 Å². The monoisotopic (exact) mass is 493 g/mol. The number of hydrogen-bond acceptors (Lipinski definition) is 5. The van der Waals surface area contributed by atoms with Crippen LogP contribution in [0.4, 0.5) is 11.4 Å². The largest absolute Gasteiger partial charge is 0.322 e. The zero-order valence-electron chi connectivity index (χ0n) is 18.1. The molecule has 2 heterocycles. The summed E-state index contributed by atoms with van der Waals surface area (Å²) in [6.07, 6.45) is 0.619. The van der Waals surface area contributed by atoms with Crippen molar-refractivity contribution in [3.63, 3.8) is 0 Å². The second-order valence-electron chi connectivity index (χ2n) is 7.88. The Kier molecular flexibility index (Phi) is 5.59. The fourth-order valence-corrected chi connectivity index (χ4v) is 5.94. The molecule has 2 N–H and O–H groups in total. The number of benzene rings is 3. The Labute approximate surface area is 201 Å². The van der Waals surface area contributed by atoms with Gasteiger partial charge in [0.15, 0.2) is 5.82 Å². The van der Waals surface area contributed by atoms with E-state index in [9.17, 15) is 13.2 Å². The van der Waals surface area contributed by atoms with Crippen molar-refractivity contribution in [1.82, 2.24) is 15.2 Å². The summed E-state index contributed by atoms with van der Waals surface area (Å²) >= 11 is 6.29. The molecule has 0 saturated heterocycles. The average molecular weight is 494 g/mol. The summed E-state index contributed by atoms with van der Waals surface area (Å²) in [4.78, 5) is 17.2. The van der Waals surface area contributed by atoms with Crippen molar-refractivity contribution in [2.45, 2.75) is 18.2 Å². The predicted octanol–water partition coefficient (Wildman–Crippen LogP) is 4.44. The SMILES string of the molecule is Cc1nc(-c2cccc(NC(=O)c3ccc(Cl)c(S(=O)(=O)N4CCc5ccccc54)c3)c2)n[nH]1. The summed E-state index contributed by atoms with van der Waals surface area (Å²) in [5, 5.41) is 9.78. The van der Waals surface area contributed by atoms with Gasteiger partial charge < -0.3 is 5.32 Å². The molecule has 0 aliphatic carbocycles. The van der Waals surface area contributed by atoms with Gasteiger partial charge in [-0.15, -0.1) is 0 Å². The highest BCUT2D eigenvalue weighted by molar-refractivity contribution is 7.93. The molecule has 3 aromatic carbocycles. The van der Waals surface area contributed by atoms with Gasteiger partial charge in [0.05, 0.1) is 10.7 Å². The zero-order valence-corrected chi connectivity index (χ0v) is 19.7. The summed E-state index contributed by atoms with van der Waals surface area (Å²) in [7, 11) is -3.95. The minimum absolute atomic E-state index is 0.0582. The Morgan fingerprint density at radius 1 is 1.09 bits per heavy atom. The van der Waals surface area contributed by atoms with Crippen LogP contribution in [0.3, 0.4) is 0 Å². The highest BCUT2D eigenvalue weighted by Gasteiger charge is 2.32. The number of carbonyl (C=O) groups is 1. The van der Waals surface area contributed by atoms with Gasteiger partial charge in [0, 0.05) is 23.4 Å². The van der Waals surface area contributed by atoms with Crippen LogP contribution >= 0.6 is 11.6 Å². The lowest BCUT2D eigenvalue weighted by atomic mass is 10.1. The molecule has 10 heteroatoms. The standard InChI is InChI=1S/C24H20ClN5O3S/c1-15-26-23(29-28-15)17-6-4-7-19(13-17)27-24(31)18-9-10-20(25)22(14-18)34(32,33)30-12-11-16-5-2-3-8-21(16)30/h2-10,13-14H,11-12H2,1H3,(H,27,31)(H,26,28,29). The lowest BCUT2D eigenvalue weighted by Crippen LogP contribution is -2.29. The maximum Gasteiger partial charge on any atom is 0.265 e. The van der Waals surface area contributed by atoms with E-state index in [2.05, 4.69) is 20.5 Å². The molecular formula is C24H20ClN5O3S. The number of amides is 1. The van der Waals surface area contributed by atoms with Gasteiger partial charge in [0.1, 0.15) is 10.7 Å². The molecule has 0 spiro atoms. The van der Waals surface area contributed by atoms with Gasteiger partial charge in [-0.3, -0.25) is 14.2 Å². The Bertz CT molecular complexity index is 1520. The quantitative estimate of drug-likeness (QED) is 0.427. The maximum atomic E-state index is 13.4. The van der Waals surface area contributed by atoms with Crippen LogP contribution in [0, 0.1) is 6.92 Å². The van der Waals surface area contributed by atoms with Gasteiger partial charge >= 0.3 is 0 Å². The topological polar surface area (TPSA) is 108 Å². The zero-order chi connectivity index (χ0) is 23.9. The molecule has 0 radical (unpaired) electrons. The fraction of sp³-hybridized carbons (Fsp3) is 0.125. The number of fused-ring (bicyclic) bond motifs is 1. The summed E-state index contributed by atoms with van der Waals surface area (Å²) in [6, 6.07) is 18.7. The van der Waals surface area contributed by atoms with Crippen LogP contribution in [0.15, 0.2) is 71.6 Å². The van der Waals surface area contributed by atoms with Crippen molar-refractivity contribution in [3.8, 4) is 11.4 Å². The van der Waals surface area contributed by atoms with Crippen molar-refractivity contribution in [2.75, 3.05) is 16.2 Å². The third-order valence-corrected chi connectivity index (χ3v) is 7.88. The normalized spacial score (nSPS) is 13.1. The minimum atomic E-state index is -3.95. The van der Waals surface area contributed by atoms with Crippen LogP contribution in [-0.4, -0.2) is 36.1 Å². The number of rotatable bonds is 5. The van der Waals surface area contributed by atoms with Gasteiger partial charge in [-0.05, 0) is 55.3 Å². The number of carbonyl (C=O) groups excluding carboxylic acids is 1. The Morgan fingerprint density at radius 3 is 2.71 bits per heavy atom. The molecule has 0 saturated carbocycles. The Hall–Kier alpha value is -3.69. The Morgan fingerprint density at radius 2 is 1.91 bits per heavy atom. The highest BCUT2D eigenvalue weighted by atomic mass is 35.5. The number of hydrogen-bond donors (Lipinski definition) is 2. The molecule has 4 aromatic rings. The molecule has 8 nitrogen and oxygen atoms in total. The van der Waals surface area contributed by atoms with Crippen LogP contribution < -0.4 is 9.62 Å². The van der Waals surface area contributed by atoms with Crippen molar-refractivity contribution >= 4 is 38.9 Å². The van der Waals surface area contributed by atoms with Gasteiger partial charge in [0.25, 0.3) is 15.9 Å². The van der Waals surface area contributed by atoms with Crippen molar-refractivity contribution in [3.05, 3.63) is 88.7 Å². The number of para-hydroxylation sites is 1. The first-order valence-electron chi connectivity index (χ1n) is 10.5. The van der Waals surface area contributed by atoms with Crippen molar-refractivity contribution < 1.29 is 13.2 Å². The average Bonchev–Trinajstić information content (AvgIpc) is 3.46. The van der Waals surface area contributed by atoms with E-state index < -0.39 is 15.9 Å². The smallest absolute Gasteiger partial charge is 0.265 e. The summed E-state index contributed by atoms with van der Waals surface area (Å²) < 4.78 is 28.2. The molecule has 1 amide bonds. The first kappa shape index (κ1) is 22.1. The van der Waals surface area contributed by atoms with Crippen LogP contribution in [0.25, 0.3) is 11.4 Å². The summed E-state index contributed by atoms with van der Waals surface area (Å²) in [5.41, 5.74) is 3.02. The van der Waals surface area contributed by atoms with E-state index in [1.54, 1.807) is 37.3 Å². The van der Waals surface area contributed by atoms with E-state index in [4.69, 9.17) is 11.6 Å². The fourth-order valence-electron chi connectivity index (χ4n) is 3.93. The number of aromatic nitrogens is 3. The second kappa shape index (κ2) is 8.58. The van der Waals surface area contributed by atoms with Gasteiger partial charge in [0.2, 0.25) is 0 Å². The number of aromatic amines is 1. The lowest BCUT2D eigenvalue weighted by Gasteiger charge is -2.20. The molecule has 5 rings (SSSR count). The number of halogens is 1. The van der Waals surface area contributed by atoms with E-state index in [-0.39, 0.29) is 15.5 Å². The van der Waals surface area contributed by atoms with Crippen LogP contribution in [-0.2, 0) is 16.4 Å². The molecular weight excluding hydrogens is 474 g/mol. The number of H-pyrrole nitrogens is 1. The molecule has 0 atom stereocenters. The van der Waals surface area contributed by atoms with E-state index in [0.717, 1.165) is 11.1 Å². The minimum Gasteiger partial charge on any atom is -0.322 e. The number of nitrogens with zero attached hydrogens (tertiary/aromatic N) is 3. The number of aryl methyl sites for hydroxylation is 1. The predicted molar refractivity (Wildman–Crippen MR) is 131 cm³/mol. The molecule has 34 heavy (non-hydrogen) atoms. The van der Waals surface area contributed by atoms with Crippen LogP contribution in [0.2, 0.25) is 5.02 Å². The van der Waals surface area contributed by atoms with E-state index in [1.165, 1.54) is 22.5 Å².